The second-order valence-electron chi connectivity index (χ2n) is 10.7. The Morgan fingerprint density at radius 3 is 2.28 bits per heavy atom. The topological polar surface area (TPSA) is 105 Å². The van der Waals surface area contributed by atoms with Crippen LogP contribution in [0.2, 0.25) is 5.02 Å². The number of ether oxygens (including phenoxy) is 2. The van der Waals surface area contributed by atoms with Gasteiger partial charge in [-0.1, -0.05) is 66.9 Å². The van der Waals surface area contributed by atoms with Gasteiger partial charge in [-0.3, -0.25) is 13.9 Å². The average Bonchev–Trinajstić information content (AvgIpc) is 3.50. The fraction of sp³-hybridized carbons (Fsp3) is 0.375. The van der Waals surface area contributed by atoms with Crippen molar-refractivity contribution in [3.05, 3.63) is 88.9 Å². The van der Waals surface area contributed by atoms with E-state index in [9.17, 15) is 18.0 Å². The van der Waals surface area contributed by atoms with Crippen molar-refractivity contribution in [3.63, 3.8) is 0 Å². The first-order chi connectivity index (χ1) is 20.6. The summed E-state index contributed by atoms with van der Waals surface area (Å²) in [6.07, 6.45) is 5.10. The minimum atomic E-state index is -3.96. The molecule has 3 aromatic rings. The lowest BCUT2D eigenvalue weighted by atomic mass is 10.0. The van der Waals surface area contributed by atoms with Crippen molar-refractivity contribution in [2.24, 2.45) is 0 Å². The average molecular weight is 628 g/mol. The zero-order chi connectivity index (χ0) is 31.0. The van der Waals surface area contributed by atoms with Crippen molar-refractivity contribution in [1.82, 2.24) is 10.2 Å². The van der Waals surface area contributed by atoms with E-state index < -0.39 is 28.5 Å². The first-order valence-electron chi connectivity index (χ1n) is 14.2. The Morgan fingerprint density at radius 2 is 1.65 bits per heavy atom. The summed E-state index contributed by atoms with van der Waals surface area (Å²) < 4.78 is 37.9. The van der Waals surface area contributed by atoms with Gasteiger partial charge in [0.1, 0.15) is 24.1 Å². The van der Waals surface area contributed by atoms with Gasteiger partial charge in [0.15, 0.2) is 0 Å². The Kier molecular flexibility index (Phi) is 10.9. The molecule has 1 N–H and O–H groups in total. The van der Waals surface area contributed by atoms with Crippen LogP contribution in [0.5, 0.6) is 11.5 Å². The number of amides is 2. The second kappa shape index (κ2) is 14.6. The first kappa shape index (κ1) is 32.2. The smallest absolute Gasteiger partial charge is 0.244 e. The molecule has 0 spiro atoms. The van der Waals surface area contributed by atoms with E-state index in [1.807, 2.05) is 36.4 Å². The largest absolute Gasteiger partial charge is 0.497 e. The molecule has 0 bridgehead atoms. The third-order valence-corrected chi connectivity index (χ3v) is 8.91. The molecule has 1 atom stereocenters. The van der Waals surface area contributed by atoms with Crippen LogP contribution in [-0.2, 0) is 32.6 Å². The summed E-state index contributed by atoms with van der Waals surface area (Å²) in [7, 11) is -1.06. The molecule has 0 aromatic heterocycles. The predicted octanol–water partition coefficient (Wildman–Crippen LogP) is 4.82. The standard InChI is InChI=1S/C32H38ClN3O6S/c1-41-27-16-17-28(30(20-27)42-2)36(43(3,39)40)22-31(37)35(21-24-12-9-13-25(33)18-24)29(19-23-10-5-4-6-11-23)32(38)34-26-14-7-8-15-26/h4-6,9-13,16-18,20,26,29H,7-8,14-15,19,21-22H2,1-3H3,(H,34,38)/t29-/m1/s1. The van der Waals surface area contributed by atoms with Gasteiger partial charge >= 0.3 is 0 Å². The number of methoxy groups -OCH3 is 2. The maximum atomic E-state index is 14.3. The van der Waals surface area contributed by atoms with Gasteiger partial charge in [0, 0.05) is 30.1 Å². The van der Waals surface area contributed by atoms with Gasteiger partial charge < -0.3 is 19.7 Å². The summed E-state index contributed by atoms with van der Waals surface area (Å²) in [4.78, 5) is 29.7. The van der Waals surface area contributed by atoms with Gasteiger partial charge in [-0.05, 0) is 48.2 Å². The first-order valence-corrected chi connectivity index (χ1v) is 16.4. The fourth-order valence-corrected chi connectivity index (χ4v) is 6.41. The van der Waals surface area contributed by atoms with Gasteiger partial charge in [-0.15, -0.1) is 0 Å². The van der Waals surface area contributed by atoms with E-state index in [0.717, 1.165) is 41.8 Å². The predicted molar refractivity (Wildman–Crippen MR) is 168 cm³/mol. The molecular weight excluding hydrogens is 590 g/mol. The number of benzene rings is 3. The maximum absolute atomic E-state index is 14.3. The molecule has 1 fully saturated rings. The van der Waals surface area contributed by atoms with Gasteiger partial charge in [-0.25, -0.2) is 8.42 Å². The van der Waals surface area contributed by atoms with Crippen LogP contribution in [0, 0.1) is 0 Å². The lowest BCUT2D eigenvalue weighted by Crippen LogP contribution is -2.54. The highest BCUT2D eigenvalue weighted by molar-refractivity contribution is 7.92. The molecule has 0 heterocycles. The second-order valence-corrected chi connectivity index (χ2v) is 13.0. The molecular formula is C32H38ClN3O6S. The van der Waals surface area contributed by atoms with Crippen LogP contribution in [0.3, 0.4) is 0 Å². The molecule has 1 aliphatic rings. The number of hydrogen-bond acceptors (Lipinski definition) is 6. The number of rotatable bonds is 13. The highest BCUT2D eigenvalue weighted by Gasteiger charge is 2.35. The minimum Gasteiger partial charge on any atom is -0.497 e. The zero-order valence-electron chi connectivity index (χ0n) is 24.7. The minimum absolute atomic E-state index is 0.0324. The molecule has 0 unspecified atom stereocenters. The molecule has 43 heavy (non-hydrogen) atoms. The van der Waals surface area contributed by atoms with Gasteiger partial charge in [0.25, 0.3) is 0 Å². The van der Waals surface area contributed by atoms with E-state index in [0.29, 0.717) is 16.3 Å². The van der Waals surface area contributed by atoms with Crippen molar-refractivity contribution < 1.29 is 27.5 Å². The number of halogens is 1. The van der Waals surface area contributed by atoms with E-state index in [2.05, 4.69) is 5.32 Å². The number of carbonyl (C=O) groups is 2. The van der Waals surface area contributed by atoms with E-state index >= 15 is 0 Å². The third-order valence-electron chi connectivity index (χ3n) is 7.55. The number of hydrogen-bond donors (Lipinski definition) is 1. The summed E-state index contributed by atoms with van der Waals surface area (Å²) in [5, 5.41) is 3.64. The lowest BCUT2D eigenvalue weighted by Gasteiger charge is -2.34. The number of anilines is 1. The van der Waals surface area contributed by atoms with Crippen LogP contribution in [-0.4, -0.2) is 64.2 Å². The van der Waals surface area contributed by atoms with Gasteiger partial charge in [-0.2, -0.15) is 0 Å². The highest BCUT2D eigenvalue weighted by atomic mass is 35.5. The molecule has 11 heteroatoms. The Morgan fingerprint density at radius 1 is 0.953 bits per heavy atom. The molecule has 4 rings (SSSR count). The Hall–Kier alpha value is -3.76. The van der Waals surface area contributed by atoms with Crippen molar-refractivity contribution in [3.8, 4) is 11.5 Å². The number of nitrogens with zero attached hydrogens (tertiary/aromatic N) is 2. The normalized spacial score (nSPS) is 14.1. The van der Waals surface area contributed by atoms with Crippen LogP contribution in [0.25, 0.3) is 0 Å². The Labute approximate surface area is 258 Å². The quantitative estimate of drug-likeness (QED) is 0.291. The van der Waals surface area contributed by atoms with Crippen molar-refractivity contribution in [2.75, 3.05) is 31.3 Å². The van der Waals surface area contributed by atoms with Gasteiger partial charge in [0.05, 0.1) is 26.2 Å². The van der Waals surface area contributed by atoms with E-state index in [1.54, 1.807) is 30.3 Å². The zero-order valence-corrected chi connectivity index (χ0v) is 26.2. The maximum Gasteiger partial charge on any atom is 0.244 e. The summed E-state index contributed by atoms with van der Waals surface area (Å²) in [5.74, 6) is -0.141. The van der Waals surface area contributed by atoms with Gasteiger partial charge in [0.2, 0.25) is 21.8 Å². The molecule has 2 amide bonds. The Bertz CT molecular complexity index is 1510. The highest BCUT2D eigenvalue weighted by Crippen LogP contribution is 2.34. The van der Waals surface area contributed by atoms with E-state index in [1.165, 1.54) is 25.2 Å². The lowest BCUT2D eigenvalue weighted by molar-refractivity contribution is -0.140. The summed E-state index contributed by atoms with van der Waals surface area (Å²) in [5.41, 5.74) is 1.76. The van der Waals surface area contributed by atoms with Crippen molar-refractivity contribution in [1.29, 1.82) is 0 Å². The van der Waals surface area contributed by atoms with Crippen LogP contribution < -0.4 is 19.1 Å². The Balaban J connectivity index is 1.75. The molecule has 1 saturated carbocycles. The molecule has 0 saturated heterocycles. The van der Waals surface area contributed by atoms with Crippen LogP contribution >= 0.6 is 11.6 Å². The van der Waals surface area contributed by atoms with Crippen LogP contribution in [0.15, 0.2) is 72.8 Å². The molecule has 0 radical (unpaired) electrons. The van der Waals surface area contributed by atoms with Crippen molar-refractivity contribution in [2.45, 2.75) is 50.7 Å². The molecule has 0 aliphatic heterocycles. The van der Waals surface area contributed by atoms with Crippen LogP contribution in [0.4, 0.5) is 5.69 Å². The van der Waals surface area contributed by atoms with E-state index in [4.69, 9.17) is 21.1 Å². The van der Waals surface area contributed by atoms with E-state index in [-0.39, 0.29) is 36.4 Å². The number of nitrogens with one attached hydrogen (secondary N) is 1. The summed E-state index contributed by atoms with van der Waals surface area (Å²) in [6, 6.07) is 20.3. The monoisotopic (exact) mass is 627 g/mol. The molecule has 230 valence electrons. The molecule has 9 nitrogen and oxygen atoms in total. The summed E-state index contributed by atoms with van der Waals surface area (Å²) in [6.45, 7) is -0.504. The summed E-state index contributed by atoms with van der Waals surface area (Å²) >= 11 is 6.28. The van der Waals surface area contributed by atoms with Crippen LogP contribution in [0.1, 0.15) is 36.8 Å². The number of sulfonamides is 1. The van der Waals surface area contributed by atoms with Crippen molar-refractivity contribution >= 4 is 39.1 Å². The SMILES string of the molecule is COc1ccc(N(CC(=O)N(Cc2cccc(Cl)c2)[C@H](Cc2ccccc2)C(=O)NC2CCCC2)S(C)(=O)=O)c(OC)c1. The third kappa shape index (κ3) is 8.64. The number of carbonyl (C=O) groups excluding carboxylic acids is 2. The fourth-order valence-electron chi connectivity index (χ4n) is 5.34. The molecule has 1 aliphatic carbocycles. The molecule has 3 aromatic carbocycles.